The first kappa shape index (κ1) is 28.3. The highest BCUT2D eigenvalue weighted by Gasteiger charge is 2.41. The summed E-state index contributed by atoms with van der Waals surface area (Å²) >= 11 is 0. The van der Waals surface area contributed by atoms with Gasteiger partial charge in [-0.3, -0.25) is 14.9 Å². The van der Waals surface area contributed by atoms with Crippen molar-refractivity contribution in [3.63, 3.8) is 0 Å². The molecule has 2 atom stereocenters. The second kappa shape index (κ2) is 12.3. The molecular formula is C27H24N2O10. The van der Waals surface area contributed by atoms with Gasteiger partial charge in [-0.05, 0) is 44.2 Å². The summed E-state index contributed by atoms with van der Waals surface area (Å²) in [4.78, 5) is 61.6. The molecule has 1 amide bonds. The van der Waals surface area contributed by atoms with E-state index in [1.54, 1.807) is 38.1 Å². The van der Waals surface area contributed by atoms with Gasteiger partial charge in [-0.15, -0.1) is 0 Å². The zero-order valence-corrected chi connectivity index (χ0v) is 21.1. The molecule has 0 bridgehead atoms. The number of nitrogens with zero attached hydrogens (tertiary/aromatic N) is 1. The molecule has 0 fully saturated rings. The number of ether oxygens (including phenoxy) is 3. The van der Waals surface area contributed by atoms with Crippen LogP contribution in [0.4, 0.5) is 11.4 Å². The third-order valence-electron chi connectivity index (χ3n) is 5.47. The molecule has 0 aliphatic heterocycles. The molecule has 3 rings (SSSR count). The van der Waals surface area contributed by atoms with Gasteiger partial charge in [0, 0.05) is 12.1 Å². The zero-order valence-electron chi connectivity index (χ0n) is 21.1. The Bertz CT molecular complexity index is 1400. The summed E-state index contributed by atoms with van der Waals surface area (Å²) in [6.07, 6.45) is -4.48. The number of nitro benzene ring substituents is 1. The SMILES string of the molecule is COc1ccc([N+](=O)[O-])cc1NC(=O)[C@H](OC(=O)c1ccc(C)cc1)[C@@H](OC(=O)c1ccc(C)cc1)C(=O)O. The molecule has 0 spiro atoms. The minimum atomic E-state index is -2.28. The maximum atomic E-state index is 13.3. The number of non-ortho nitro benzene ring substituents is 1. The van der Waals surface area contributed by atoms with Crippen LogP contribution in [0.1, 0.15) is 31.8 Å². The van der Waals surface area contributed by atoms with Gasteiger partial charge in [0.2, 0.25) is 12.2 Å². The largest absolute Gasteiger partial charge is 0.495 e. The van der Waals surface area contributed by atoms with E-state index in [4.69, 9.17) is 14.2 Å². The molecule has 0 heterocycles. The van der Waals surface area contributed by atoms with Crippen LogP contribution in [0.3, 0.4) is 0 Å². The van der Waals surface area contributed by atoms with Crippen molar-refractivity contribution in [3.8, 4) is 5.75 Å². The first-order valence-corrected chi connectivity index (χ1v) is 11.4. The summed E-state index contributed by atoms with van der Waals surface area (Å²) in [5.74, 6) is -5.17. The number of carbonyl (C=O) groups excluding carboxylic acids is 3. The number of carboxylic acid groups (broad SMARTS) is 1. The van der Waals surface area contributed by atoms with Crippen molar-refractivity contribution in [1.82, 2.24) is 0 Å². The van der Waals surface area contributed by atoms with Crippen molar-refractivity contribution in [1.29, 1.82) is 0 Å². The van der Waals surface area contributed by atoms with Crippen molar-refractivity contribution in [2.75, 3.05) is 12.4 Å². The van der Waals surface area contributed by atoms with E-state index in [0.29, 0.717) is 0 Å². The van der Waals surface area contributed by atoms with Gasteiger partial charge >= 0.3 is 17.9 Å². The predicted octanol–water partition coefficient (Wildman–Crippen LogP) is 3.69. The van der Waals surface area contributed by atoms with Crippen molar-refractivity contribution < 1.29 is 43.4 Å². The summed E-state index contributed by atoms with van der Waals surface area (Å²) in [6, 6.07) is 15.3. The van der Waals surface area contributed by atoms with Crippen molar-refractivity contribution in [2.45, 2.75) is 26.1 Å². The molecule has 12 nitrogen and oxygen atoms in total. The van der Waals surface area contributed by atoms with Gasteiger partial charge in [-0.1, -0.05) is 35.4 Å². The van der Waals surface area contributed by atoms with E-state index in [2.05, 4.69) is 5.32 Å². The maximum absolute atomic E-state index is 13.3. The Hall–Kier alpha value is -5.26. The maximum Gasteiger partial charge on any atom is 0.349 e. The number of hydrogen-bond donors (Lipinski definition) is 2. The minimum absolute atomic E-state index is 0.000305. The van der Waals surface area contributed by atoms with E-state index in [1.165, 1.54) is 37.4 Å². The number of nitro groups is 1. The Kier molecular flexibility index (Phi) is 8.94. The molecule has 12 heteroatoms. The van der Waals surface area contributed by atoms with Crippen LogP contribution in [-0.2, 0) is 19.1 Å². The van der Waals surface area contributed by atoms with Crippen LogP contribution in [0.15, 0.2) is 66.7 Å². The van der Waals surface area contributed by atoms with Gasteiger partial charge in [-0.2, -0.15) is 0 Å². The standard InChI is InChI=1S/C27H24N2O10/c1-15-4-8-17(9-5-15)26(33)38-22(23(25(31)32)39-27(34)18-10-6-16(2)7-11-18)24(30)28-20-14-19(29(35)36)12-13-21(20)37-3/h4-14,22-23H,1-3H3,(H,28,30)(H,31,32)/t22-,23-/m1/s1. The average molecular weight is 536 g/mol. The molecule has 39 heavy (non-hydrogen) atoms. The lowest BCUT2D eigenvalue weighted by atomic mass is 10.1. The molecule has 0 aliphatic carbocycles. The van der Waals surface area contributed by atoms with Crippen LogP contribution in [0.5, 0.6) is 5.75 Å². The van der Waals surface area contributed by atoms with E-state index in [-0.39, 0.29) is 22.6 Å². The Morgan fingerprint density at radius 3 is 1.74 bits per heavy atom. The first-order valence-electron chi connectivity index (χ1n) is 11.4. The summed E-state index contributed by atoms with van der Waals surface area (Å²) in [7, 11) is 1.25. The van der Waals surface area contributed by atoms with Gasteiger partial charge in [0.05, 0.1) is 28.8 Å². The highest BCUT2D eigenvalue weighted by Crippen LogP contribution is 2.29. The molecule has 0 unspecified atom stereocenters. The molecule has 0 aliphatic rings. The first-order chi connectivity index (χ1) is 18.5. The lowest BCUT2D eigenvalue weighted by Crippen LogP contribution is -2.48. The number of rotatable bonds is 10. The fourth-order valence-corrected chi connectivity index (χ4v) is 3.35. The van der Waals surface area contributed by atoms with Gasteiger partial charge in [0.15, 0.2) is 0 Å². The summed E-state index contributed by atoms with van der Waals surface area (Å²) < 4.78 is 15.5. The number of aliphatic carboxylic acids is 1. The third-order valence-corrected chi connectivity index (χ3v) is 5.47. The molecule has 202 valence electrons. The van der Waals surface area contributed by atoms with E-state index in [0.717, 1.165) is 23.3 Å². The van der Waals surface area contributed by atoms with Crippen LogP contribution in [-0.4, -0.2) is 53.2 Å². The van der Waals surface area contributed by atoms with Crippen LogP contribution < -0.4 is 10.1 Å². The van der Waals surface area contributed by atoms with Crippen LogP contribution in [0.2, 0.25) is 0 Å². The number of hydrogen-bond acceptors (Lipinski definition) is 9. The zero-order chi connectivity index (χ0) is 28.7. The number of esters is 2. The number of nitrogens with one attached hydrogen (secondary N) is 1. The summed E-state index contributed by atoms with van der Waals surface area (Å²) in [6.45, 7) is 3.56. The molecule has 0 aromatic heterocycles. The minimum Gasteiger partial charge on any atom is -0.495 e. The lowest BCUT2D eigenvalue weighted by molar-refractivity contribution is -0.384. The van der Waals surface area contributed by atoms with Crippen LogP contribution >= 0.6 is 0 Å². The Labute approximate surface area is 222 Å². The molecule has 3 aromatic carbocycles. The highest BCUT2D eigenvalue weighted by molar-refractivity contribution is 6.02. The van der Waals surface area contributed by atoms with Gasteiger partial charge < -0.3 is 24.6 Å². The van der Waals surface area contributed by atoms with Gasteiger partial charge in [0.1, 0.15) is 5.75 Å². The fraction of sp³-hybridized carbons (Fsp3) is 0.185. The fourth-order valence-electron chi connectivity index (χ4n) is 3.35. The van der Waals surface area contributed by atoms with Crippen molar-refractivity contribution >= 4 is 35.2 Å². The molecular weight excluding hydrogens is 512 g/mol. The van der Waals surface area contributed by atoms with E-state index in [9.17, 15) is 34.4 Å². The number of amides is 1. The van der Waals surface area contributed by atoms with Crippen LogP contribution in [0.25, 0.3) is 0 Å². The highest BCUT2D eigenvalue weighted by atomic mass is 16.6. The molecule has 0 radical (unpaired) electrons. The van der Waals surface area contributed by atoms with Crippen molar-refractivity contribution in [2.24, 2.45) is 0 Å². The lowest BCUT2D eigenvalue weighted by Gasteiger charge is -2.24. The predicted molar refractivity (Wildman–Crippen MR) is 137 cm³/mol. The number of benzene rings is 3. The molecule has 0 saturated carbocycles. The Morgan fingerprint density at radius 2 is 1.31 bits per heavy atom. The number of anilines is 1. The van der Waals surface area contributed by atoms with E-state index in [1.807, 2.05) is 0 Å². The summed E-state index contributed by atoms with van der Waals surface area (Å²) in [5.41, 5.74) is 1.05. The average Bonchev–Trinajstić information content (AvgIpc) is 2.90. The van der Waals surface area contributed by atoms with E-state index >= 15 is 0 Å². The molecule has 0 saturated heterocycles. The third kappa shape index (κ3) is 7.16. The van der Waals surface area contributed by atoms with Crippen LogP contribution in [0, 0.1) is 24.0 Å². The van der Waals surface area contributed by atoms with E-state index < -0.39 is 46.6 Å². The normalized spacial score (nSPS) is 12.0. The monoisotopic (exact) mass is 536 g/mol. The quantitative estimate of drug-likeness (QED) is 0.221. The second-order valence-electron chi connectivity index (χ2n) is 8.35. The second-order valence-corrected chi connectivity index (χ2v) is 8.35. The van der Waals surface area contributed by atoms with Gasteiger partial charge in [0.25, 0.3) is 11.6 Å². The van der Waals surface area contributed by atoms with Gasteiger partial charge in [-0.25, -0.2) is 14.4 Å². The number of carboxylic acids is 1. The Morgan fingerprint density at radius 1 is 0.821 bits per heavy atom. The number of aryl methyl sites for hydroxylation is 2. The number of carbonyl (C=O) groups is 4. The number of methoxy groups -OCH3 is 1. The molecule has 2 N–H and O–H groups in total. The topological polar surface area (TPSA) is 171 Å². The summed E-state index contributed by atoms with van der Waals surface area (Å²) in [5, 5.41) is 23.4. The smallest absolute Gasteiger partial charge is 0.349 e. The Balaban J connectivity index is 1.98. The molecule has 3 aromatic rings. The van der Waals surface area contributed by atoms with Crippen molar-refractivity contribution in [3.05, 3.63) is 99.1 Å².